The van der Waals surface area contributed by atoms with E-state index in [1.54, 1.807) is 0 Å². The van der Waals surface area contributed by atoms with E-state index in [9.17, 15) is 0 Å². The first kappa shape index (κ1) is 26.2. The minimum Gasteiger partial charge on any atom is -0.487 e. The van der Waals surface area contributed by atoms with Crippen LogP contribution in [0.15, 0.2) is 36.4 Å². The van der Waals surface area contributed by atoms with Crippen LogP contribution < -0.4 is 18.9 Å². The Labute approximate surface area is 204 Å². The van der Waals surface area contributed by atoms with E-state index in [1.165, 1.54) is 11.1 Å². The highest BCUT2D eigenvalue weighted by molar-refractivity contribution is 5.44. The van der Waals surface area contributed by atoms with Crippen LogP contribution in [0.4, 0.5) is 0 Å². The number of unbranched alkanes of at least 4 members (excludes halogenated alkanes) is 2. The molecule has 0 bridgehead atoms. The first-order valence-electron chi connectivity index (χ1n) is 12.7. The first-order valence-corrected chi connectivity index (χ1v) is 12.7. The molecule has 0 atom stereocenters. The fourth-order valence-electron chi connectivity index (χ4n) is 3.69. The number of aryl methyl sites for hydroxylation is 2. The number of fused-ring (bicyclic) bond motifs is 2. The van der Waals surface area contributed by atoms with Crippen molar-refractivity contribution in [1.29, 1.82) is 0 Å². The first-order chi connectivity index (χ1) is 16.8. The second-order valence-electron chi connectivity index (χ2n) is 8.39. The molecule has 0 amide bonds. The summed E-state index contributed by atoms with van der Waals surface area (Å²) in [7, 11) is 0. The number of rotatable bonds is 6. The van der Waals surface area contributed by atoms with Gasteiger partial charge in [-0.15, -0.1) is 0 Å². The van der Waals surface area contributed by atoms with Crippen molar-refractivity contribution in [2.24, 2.45) is 0 Å². The Kier molecular flexibility index (Phi) is 11.9. The fourth-order valence-corrected chi connectivity index (χ4v) is 3.69. The number of benzene rings is 2. The van der Waals surface area contributed by atoms with Gasteiger partial charge in [-0.05, 0) is 61.1 Å². The van der Waals surface area contributed by atoms with E-state index in [1.807, 2.05) is 12.1 Å². The SMILES string of the molecule is CCCCc1ccc2c(c1)OCCOCCOc1cc(CCCC)ccc1OCCOCCO2. The van der Waals surface area contributed by atoms with E-state index in [4.69, 9.17) is 28.4 Å². The van der Waals surface area contributed by atoms with Gasteiger partial charge in [0.25, 0.3) is 0 Å². The number of hydrogen-bond acceptors (Lipinski definition) is 6. The molecule has 0 N–H and O–H groups in total. The third kappa shape index (κ3) is 9.07. The molecule has 2 aromatic carbocycles. The summed E-state index contributed by atoms with van der Waals surface area (Å²) in [4.78, 5) is 0. The molecular weight excluding hydrogens is 432 g/mol. The topological polar surface area (TPSA) is 55.4 Å². The van der Waals surface area contributed by atoms with Crippen LogP contribution in [0.2, 0.25) is 0 Å². The number of ether oxygens (including phenoxy) is 6. The summed E-state index contributed by atoms with van der Waals surface area (Å²) >= 11 is 0. The van der Waals surface area contributed by atoms with Gasteiger partial charge in [0.05, 0.1) is 26.4 Å². The monoisotopic (exact) mass is 472 g/mol. The molecule has 0 saturated carbocycles. The zero-order valence-electron chi connectivity index (χ0n) is 20.8. The van der Waals surface area contributed by atoms with Crippen molar-refractivity contribution in [3.8, 4) is 23.0 Å². The lowest BCUT2D eigenvalue weighted by Crippen LogP contribution is -2.15. The van der Waals surface area contributed by atoms with E-state index >= 15 is 0 Å². The van der Waals surface area contributed by atoms with Gasteiger partial charge in [0, 0.05) is 0 Å². The second-order valence-corrected chi connectivity index (χ2v) is 8.39. The van der Waals surface area contributed by atoms with Crippen LogP contribution in [-0.2, 0) is 22.3 Å². The quantitative estimate of drug-likeness (QED) is 0.543. The van der Waals surface area contributed by atoms with Crippen LogP contribution in [0.25, 0.3) is 0 Å². The van der Waals surface area contributed by atoms with Crippen LogP contribution in [0.1, 0.15) is 50.7 Å². The molecule has 6 nitrogen and oxygen atoms in total. The van der Waals surface area contributed by atoms with Crippen molar-refractivity contribution in [2.75, 3.05) is 52.9 Å². The van der Waals surface area contributed by atoms with Gasteiger partial charge in [-0.1, -0.05) is 38.8 Å². The lowest BCUT2D eigenvalue weighted by molar-refractivity contribution is 0.0640. The predicted molar refractivity (Wildman–Crippen MR) is 134 cm³/mol. The third-order valence-electron chi connectivity index (χ3n) is 5.60. The largest absolute Gasteiger partial charge is 0.487 e. The molecule has 0 saturated heterocycles. The van der Waals surface area contributed by atoms with Crippen LogP contribution in [0.3, 0.4) is 0 Å². The highest BCUT2D eigenvalue weighted by atomic mass is 16.6. The number of hydrogen-bond donors (Lipinski definition) is 0. The summed E-state index contributed by atoms with van der Waals surface area (Å²) < 4.78 is 35.4. The van der Waals surface area contributed by atoms with Crippen LogP contribution in [-0.4, -0.2) is 52.9 Å². The Morgan fingerprint density at radius 3 is 1.26 bits per heavy atom. The zero-order valence-corrected chi connectivity index (χ0v) is 20.8. The van der Waals surface area contributed by atoms with Crippen molar-refractivity contribution in [3.63, 3.8) is 0 Å². The average Bonchev–Trinajstić information content (AvgIpc) is 2.86. The van der Waals surface area contributed by atoms with Crippen LogP contribution >= 0.6 is 0 Å². The highest BCUT2D eigenvalue weighted by Crippen LogP contribution is 2.30. The lowest BCUT2D eigenvalue weighted by Gasteiger charge is -2.16. The Balaban J connectivity index is 1.59. The molecule has 3 rings (SSSR count). The zero-order chi connectivity index (χ0) is 23.8. The predicted octanol–water partition coefficient (Wildman–Crippen LogP) is 5.63. The van der Waals surface area contributed by atoms with Gasteiger partial charge in [0.1, 0.15) is 26.4 Å². The fraction of sp³-hybridized carbons (Fsp3) is 0.571. The van der Waals surface area contributed by atoms with Crippen LogP contribution in [0.5, 0.6) is 23.0 Å². The summed E-state index contributed by atoms with van der Waals surface area (Å²) in [5, 5.41) is 0. The molecule has 188 valence electrons. The van der Waals surface area contributed by atoms with Gasteiger partial charge in [-0.2, -0.15) is 0 Å². The molecule has 6 heteroatoms. The second kappa shape index (κ2) is 15.5. The normalized spacial score (nSPS) is 15.8. The van der Waals surface area contributed by atoms with E-state index in [-0.39, 0.29) is 0 Å². The molecule has 0 aromatic heterocycles. The summed E-state index contributed by atoms with van der Waals surface area (Å²) in [6, 6.07) is 12.3. The minimum absolute atomic E-state index is 0.446. The maximum Gasteiger partial charge on any atom is 0.161 e. The molecule has 34 heavy (non-hydrogen) atoms. The van der Waals surface area contributed by atoms with Crippen molar-refractivity contribution in [2.45, 2.75) is 52.4 Å². The van der Waals surface area contributed by atoms with Crippen molar-refractivity contribution >= 4 is 0 Å². The van der Waals surface area contributed by atoms with Gasteiger partial charge in [0.15, 0.2) is 23.0 Å². The van der Waals surface area contributed by atoms with E-state index in [0.29, 0.717) is 52.9 Å². The highest BCUT2D eigenvalue weighted by Gasteiger charge is 2.10. The van der Waals surface area contributed by atoms with Gasteiger partial charge in [-0.25, -0.2) is 0 Å². The maximum absolute atomic E-state index is 6.01. The molecular formula is C28H40O6. The summed E-state index contributed by atoms with van der Waals surface area (Å²) in [6.07, 6.45) is 6.70. The molecule has 1 heterocycles. The van der Waals surface area contributed by atoms with Gasteiger partial charge in [-0.3, -0.25) is 0 Å². The molecule has 0 fully saturated rings. The van der Waals surface area contributed by atoms with E-state index in [2.05, 4.69) is 38.1 Å². The third-order valence-corrected chi connectivity index (χ3v) is 5.60. The Bertz CT molecular complexity index is 770. The maximum atomic E-state index is 6.01. The van der Waals surface area contributed by atoms with Gasteiger partial charge < -0.3 is 28.4 Å². The van der Waals surface area contributed by atoms with Gasteiger partial charge in [0.2, 0.25) is 0 Å². The molecule has 2 aromatic rings. The van der Waals surface area contributed by atoms with Crippen molar-refractivity contribution in [1.82, 2.24) is 0 Å². The Morgan fingerprint density at radius 2 is 0.882 bits per heavy atom. The summed E-state index contributed by atoms with van der Waals surface area (Å²) in [5.74, 6) is 2.98. The molecule has 1 aliphatic rings. The van der Waals surface area contributed by atoms with Crippen LogP contribution in [0, 0.1) is 0 Å². The average molecular weight is 473 g/mol. The Hall–Kier alpha value is -2.44. The van der Waals surface area contributed by atoms with Gasteiger partial charge >= 0.3 is 0 Å². The van der Waals surface area contributed by atoms with Crippen molar-refractivity contribution in [3.05, 3.63) is 47.5 Å². The Morgan fingerprint density at radius 1 is 0.500 bits per heavy atom. The molecule has 0 radical (unpaired) electrons. The lowest BCUT2D eigenvalue weighted by atomic mass is 10.1. The molecule has 1 aliphatic heterocycles. The minimum atomic E-state index is 0.446. The summed E-state index contributed by atoms with van der Waals surface area (Å²) in [5.41, 5.74) is 2.51. The smallest absolute Gasteiger partial charge is 0.161 e. The standard InChI is InChI=1S/C28H40O6/c1-3-5-7-23-9-11-25-27(21-23)33-19-15-30-16-20-34-28-22-24(8-6-4-2)10-12-26(28)32-18-14-29-13-17-31-25/h9-12,21-22H,3-8,13-20H2,1-2H3. The van der Waals surface area contributed by atoms with E-state index < -0.39 is 0 Å². The van der Waals surface area contributed by atoms with Crippen molar-refractivity contribution < 1.29 is 28.4 Å². The summed E-state index contributed by atoms with van der Waals surface area (Å²) in [6.45, 7) is 8.09. The molecule has 0 aliphatic carbocycles. The molecule has 0 spiro atoms. The van der Waals surface area contributed by atoms with E-state index in [0.717, 1.165) is 61.5 Å². The molecule has 0 unspecified atom stereocenters.